The summed E-state index contributed by atoms with van der Waals surface area (Å²) in [5.41, 5.74) is 0. The maximum Gasteiger partial charge on any atom is 0.140 e. The first kappa shape index (κ1) is 9.12. The fourth-order valence-electron chi connectivity index (χ4n) is 0.776. The Morgan fingerprint density at radius 3 is 2.42 bits per heavy atom. The van der Waals surface area contributed by atoms with Crippen molar-refractivity contribution in [1.29, 1.82) is 4.78 Å². The van der Waals surface area contributed by atoms with Gasteiger partial charge in [-0.25, -0.2) is 17.8 Å². The van der Waals surface area contributed by atoms with Gasteiger partial charge in [-0.1, -0.05) is 0 Å². The Balaban J connectivity index is 3.43. The van der Waals surface area contributed by atoms with Crippen molar-refractivity contribution in [2.45, 2.75) is 4.90 Å². The van der Waals surface area contributed by atoms with E-state index in [1.54, 1.807) is 0 Å². The predicted octanol–water partition coefficient (Wildman–Crippen LogP) is 2.00. The highest BCUT2D eigenvalue weighted by Gasteiger charge is 2.10. The van der Waals surface area contributed by atoms with Crippen molar-refractivity contribution in [2.75, 3.05) is 6.26 Å². The van der Waals surface area contributed by atoms with E-state index < -0.39 is 21.4 Å². The zero-order valence-corrected chi connectivity index (χ0v) is 7.12. The standard InChI is InChI=1S/C7H7F2NOS/c1-12(10,11)7-4-5(8)2-3-6(7)9/h2-4,10H,1H3. The molecule has 0 aromatic heterocycles. The monoisotopic (exact) mass is 191 g/mol. The summed E-state index contributed by atoms with van der Waals surface area (Å²) < 4.78 is 43.4. The molecule has 1 aromatic rings. The Kier molecular flexibility index (Phi) is 2.14. The zero-order chi connectivity index (χ0) is 9.35. The van der Waals surface area contributed by atoms with Gasteiger partial charge in [-0.05, 0) is 18.2 Å². The fraction of sp³-hybridized carbons (Fsp3) is 0.143. The predicted molar refractivity (Wildman–Crippen MR) is 41.4 cm³/mol. The van der Waals surface area contributed by atoms with Crippen LogP contribution in [-0.4, -0.2) is 10.5 Å². The molecule has 0 radical (unpaired) electrons. The highest BCUT2D eigenvalue weighted by atomic mass is 32.2. The largest absolute Gasteiger partial charge is 0.249 e. The van der Waals surface area contributed by atoms with Gasteiger partial charge in [0, 0.05) is 6.26 Å². The maximum absolute atomic E-state index is 12.8. The van der Waals surface area contributed by atoms with Crippen LogP contribution in [0.4, 0.5) is 8.78 Å². The molecule has 0 aliphatic carbocycles. The average Bonchev–Trinajstić information content (AvgIpc) is 1.92. The molecule has 1 rings (SSSR count). The number of benzene rings is 1. The molecule has 0 bridgehead atoms. The number of nitrogens with one attached hydrogen (secondary N) is 1. The SMILES string of the molecule is CS(=N)(=O)c1cc(F)ccc1F. The third-order valence-electron chi connectivity index (χ3n) is 1.31. The Morgan fingerprint density at radius 2 is 2.00 bits per heavy atom. The molecule has 1 unspecified atom stereocenters. The molecule has 1 atom stereocenters. The summed E-state index contributed by atoms with van der Waals surface area (Å²) in [6.45, 7) is 0. The summed E-state index contributed by atoms with van der Waals surface area (Å²) in [5.74, 6) is -1.49. The molecule has 12 heavy (non-hydrogen) atoms. The van der Waals surface area contributed by atoms with Crippen LogP contribution < -0.4 is 0 Å². The quantitative estimate of drug-likeness (QED) is 0.724. The van der Waals surface area contributed by atoms with Crippen LogP contribution in [0.15, 0.2) is 23.1 Å². The summed E-state index contributed by atoms with van der Waals surface area (Å²) in [5, 5.41) is 0. The first-order valence-corrected chi connectivity index (χ1v) is 5.07. The second kappa shape index (κ2) is 2.82. The molecule has 0 fully saturated rings. The minimum Gasteiger partial charge on any atom is -0.249 e. The van der Waals surface area contributed by atoms with Crippen LogP contribution in [0.1, 0.15) is 0 Å². The van der Waals surface area contributed by atoms with Crippen LogP contribution in [0.5, 0.6) is 0 Å². The maximum atomic E-state index is 12.8. The van der Waals surface area contributed by atoms with Gasteiger partial charge in [0.25, 0.3) is 0 Å². The van der Waals surface area contributed by atoms with Crippen LogP contribution in [-0.2, 0) is 9.73 Å². The topological polar surface area (TPSA) is 40.9 Å². The van der Waals surface area contributed by atoms with Crippen molar-refractivity contribution in [3.05, 3.63) is 29.8 Å². The third-order valence-corrected chi connectivity index (χ3v) is 2.47. The summed E-state index contributed by atoms with van der Waals surface area (Å²) in [7, 11) is -3.17. The van der Waals surface area contributed by atoms with E-state index in [1.807, 2.05) is 0 Å². The summed E-state index contributed by atoms with van der Waals surface area (Å²) in [6, 6.07) is 2.57. The molecule has 0 saturated heterocycles. The van der Waals surface area contributed by atoms with Gasteiger partial charge in [-0.2, -0.15) is 0 Å². The Hall–Kier alpha value is -0.970. The highest BCUT2D eigenvalue weighted by molar-refractivity contribution is 7.91. The van der Waals surface area contributed by atoms with E-state index in [1.165, 1.54) is 0 Å². The van der Waals surface area contributed by atoms with Crippen LogP contribution in [0.2, 0.25) is 0 Å². The van der Waals surface area contributed by atoms with E-state index >= 15 is 0 Å². The van der Waals surface area contributed by atoms with E-state index in [4.69, 9.17) is 4.78 Å². The van der Waals surface area contributed by atoms with Gasteiger partial charge in [-0.15, -0.1) is 0 Å². The Morgan fingerprint density at radius 1 is 1.42 bits per heavy atom. The van der Waals surface area contributed by atoms with E-state index in [2.05, 4.69) is 0 Å². The molecule has 0 saturated carbocycles. The molecule has 66 valence electrons. The van der Waals surface area contributed by atoms with Gasteiger partial charge < -0.3 is 0 Å². The van der Waals surface area contributed by atoms with Crippen molar-refractivity contribution in [2.24, 2.45) is 0 Å². The van der Waals surface area contributed by atoms with Gasteiger partial charge in [-0.3, -0.25) is 0 Å². The van der Waals surface area contributed by atoms with Crippen LogP contribution >= 0.6 is 0 Å². The van der Waals surface area contributed by atoms with Crippen molar-refractivity contribution in [3.63, 3.8) is 0 Å². The molecule has 1 N–H and O–H groups in total. The number of rotatable bonds is 1. The number of halogens is 2. The van der Waals surface area contributed by atoms with E-state index in [0.717, 1.165) is 24.5 Å². The van der Waals surface area contributed by atoms with E-state index in [0.29, 0.717) is 0 Å². The van der Waals surface area contributed by atoms with Crippen LogP contribution in [0.3, 0.4) is 0 Å². The zero-order valence-electron chi connectivity index (χ0n) is 6.30. The van der Waals surface area contributed by atoms with Gasteiger partial charge in [0.1, 0.15) is 11.6 Å². The molecule has 0 spiro atoms. The van der Waals surface area contributed by atoms with E-state index in [9.17, 15) is 13.0 Å². The molecular formula is C7H7F2NOS. The first-order valence-electron chi connectivity index (χ1n) is 3.10. The molecule has 5 heteroatoms. The minimum absolute atomic E-state index is 0.387. The fourth-order valence-corrected chi connectivity index (χ4v) is 1.55. The average molecular weight is 191 g/mol. The van der Waals surface area contributed by atoms with Gasteiger partial charge in [0.05, 0.1) is 14.6 Å². The molecular weight excluding hydrogens is 184 g/mol. The lowest BCUT2D eigenvalue weighted by atomic mass is 10.3. The summed E-state index contributed by atoms with van der Waals surface area (Å²) in [6.07, 6.45) is 1.05. The molecule has 1 aromatic carbocycles. The van der Waals surface area contributed by atoms with Gasteiger partial charge in [0.15, 0.2) is 0 Å². The molecule has 0 aliphatic heterocycles. The molecule has 0 heterocycles. The Bertz CT molecular complexity index is 400. The second-order valence-corrected chi connectivity index (χ2v) is 4.55. The molecule has 0 amide bonds. The second-order valence-electron chi connectivity index (χ2n) is 2.42. The third kappa shape index (κ3) is 1.79. The Labute approximate surface area is 69.2 Å². The van der Waals surface area contributed by atoms with Crippen molar-refractivity contribution in [1.82, 2.24) is 0 Å². The number of hydrogen-bond donors (Lipinski definition) is 1. The van der Waals surface area contributed by atoms with Crippen molar-refractivity contribution in [3.8, 4) is 0 Å². The smallest absolute Gasteiger partial charge is 0.140 e. The first-order chi connectivity index (χ1) is 5.41. The summed E-state index contributed by atoms with van der Waals surface area (Å²) >= 11 is 0. The molecule has 0 aliphatic rings. The van der Waals surface area contributed by atoms with E-state index in [-0.39, 0.29) is 4.90 Å². The lowest BCUT2D eigenvalue weighted by molar-refractivity contribution is 0.571. The summed E-state index contributed by atoms with van der Waals surface area (Å²) in [4.78, 5) is -0.387. The minimum atomic E-state index is -3.17. The lowest BCUT2D eigenvalue weighted by Crippen LogP contribution is -1.99. The van der Waals surface area contributed by atoms with Crippen molar-refractivity contribution < 1.29 is 13.0 Å². The van der Waals surface area contributed by atoms with Gasteiger partial charge in [0.2, 0.25) is 0 Å². The molecule has 2 nitrogen and oxygen atoms in total. The van der Waals surface area contributed by atoms with Crippen LogP contribution in [0, 0.1) is 16.4 Å². The lowest BCUT2D eigenvalue weighted by Gasteiger charge is -2.01. The van der Waals surface area contributed by atoms with Crippen molar-refractivity contribution >= 4 is 9.73 Å². The van der Waals surface area contributed by atoms with Gasteiger partial charge >= 0.3 is 0 Å². The number of hydrogen-bond acceptors (Lipinski definition) is 2. The normalized spacial score (nSPS) is 15.6. The highest BCUT2D eigenvalue weighted by Crippen LogP contribution is 2.15. The van der Waals surface area contributed by atoms with Crippen LogP contribution in [0.25, 0.3) is 0 Å².